The second-order valence-corrected chi connectivity index (χ2v) is 4.57. The van der Waals surface area contributed by atoms with E-state index >= 15 is 0 Å². The predicted molar refractivity (Wildman–Crippen MR) is 84.9 cm³/mol. The van der Waals surface area contributed by atoms with Crippen molar-refractivity contribution in [2.24, 2.45) is 0 Å². The number of rotatable bonds is 6. The van der Waals surface area contributed by atoms with Gasteiger partial charge in [-0.25, -0.2) is 0 Å². The van der Waals surface area contributed by atoms with Gasteiger partial charge in [0, 0.05) is 12.7 Å². The zero-order chi connectivity index (χ0) is 15.9. The molecule has 2 aromatic carbocycles. The molecule has 0 N–H and O–H groups in total. The van der Waals surface area contributed by atoms with Crippen LogP contribution in [-0.4, -0.2) is 33.8 Å². The van der Waals surface area contributed by atoms with Gasteiger partial charge in [0.15, 0.2) is 18.1 Å². The van der Waals surface area contributed by atoms with E-state index in [4.69, 9.17) is 14.2 Å². The predicted octanol–water partition coefficient (Wildman–Crippen LogP) is 2.75. The molecule has 0 saturated carbocycles. The summed E-state index contributed by atoms with van der Waals surface area (Å²) in [7, 11) is 4.79. The Morgan fingerprint density at radius 3 is 2.27 bits per heavy atom. The molecule has 5 heteroatoms. The van der Waals surface area contributed by atoms with E-state index < -0.39 is 0 Å². The number of hydrogen-bond acceptors (Lipinski definition) is 4. The molecule has 22 heavy (non-hydrogen) atoms. The zero-order valence-corrected chi connectivity index (χ0v) is 12.9. The molecular formula is C17H19NO4. The molecule has 0 aliphatic heterocycles. The summed E-state index contributed by atoms with van der Waals surface area (Å²) in [5, 5.41) is 0. The molecule has 0 heterocycles. The molecule has 0 bridgehead atoms. The highest BCUT2D eigenvalue weighted by Gasteiger charge is 2.15. The Kier molecular flexibility index (Phi) is 5.25. The first-order valence-corrected chi connectivity index (χ1v) is 6.82. The molecule has 0 unspecified atom stereocenters. The van der Waals surface area contributed by atoms with Crippen LogP contribution in [0, 0.1) is 0 Å². The van der Waals surface area contributed by atoms with Crippen molar-refractivity contribution in [2.45, 2.75) is 0 Å². The molecule has 0 atom stereocenters. The number of nitrogens with zero attached hydrogens (tertiary/aromatic N) is 1. The normalized spacial score (nSPS) is 9.95. The largest absolute Gasteiger partial charge is 0.493 e. The van der Waals surface area contributed by atoms with Crippen LogP contribution in [0.3, 0.4) is 0 Å². The van der Waals surface area contributed by atoms with Crippen molar-refractivity contribution in [3.05, 3.63) is 48.5 Å². The Hall–Kier alpha value is -2.69. The number of methoxy groups -OCH3 is 2. The highest BCUT2D eigenvalue weighted by Crippen LogP contribution is 2.36. The molecular weight excluding hydrogens is 282 g/mol. The van der Waals surface area contributed by atoms with E-state index in [1.165, 1.54) is 7.11 Å². The maximum atomic E-state index is 12.2. The van der Waals surface area contributed by atoms with Crippen LogP contribution in [0.4, 0.5) is 5.69 Å². The van der Waals surface area contributed by atoms with Crippen LogP contribution in [0.5, 0.6) is 17.2 Å². The number of para-hydroxylation sites is 2. The maximum Gasteiger partial charge on any atom is 0.264 e. The minimum absolute atomic E-state index is 0.0884. The Morgan fingerprint density at radius 1 is 0.955 bits per heavy atom. The molecule has 1 amide bonds. The molecule has 0 aromatic heterocycles. The van der Waals surface area contributed by atoms with Gasteiger partial charge in [-0.05, 0) is 24.3 Å². The van der Waals surface area contributed by atoms with Crippen LogP contribution >= 0.6 is 0 Å². The highest BCUT2D eigenvalue weighted by molar-refractivity contribution is 5.93. The Labute approximate surface area is 130 Å². The lowest BCUT2D eigenvalue weighted by atomic mass is 10.3. The second kappa shape index (κ2) is 7.36. The Balaban J connectivity index is 2.05. The van der Waals surface area contributed by atoms with Crippen LogP contribution in [0.25, 0.3) is 0 Å². The van der Waals surface area contributed by atoms with Gasteiger partial charge in [-0.2, -0.15) is 0 Å². The average molecular weight is 301 g/mol. The van der Waals surface area contributed by atoms with Crippen molar-refractivity contribution >= 4 is 11.6 Å². The molecule has 0 fully saturated rings. The van der Waals surface area contributed by atoms with Gasteiger partial charge in [0.25, 0.3) is 5.91 Å². The van der Waals surface area contributed by atoms with Gasteiger partial charge in [0.1, 0.15) is 0 Å². The van der Waals surface area contributed by atoms with E-state index in [0.717, 1.165) is 5.69 Å². The number of benzene rings is 2. The first-order valence-electron chi connectivity index (χ1n) is 6.82. The zero-order valence-electron chi connectivity index (χ0n) is 12.9. The minimum Gasteiger partial charge on any atom is -0.493 e. The monoisotopic (exact) mass is 301 g/mol. The number of ether oxygens (including phenoxy) is 3. The molecule has 0 spiro atoms. The summed E-state index contributed by atoms with van der Waals surface area (Å²) in [6, 6.07) is 14.7. The van der Waals surface area contributed by atoms with E-state index in [-0.39, 0.29) is 12.5 Å². The van der Waals surface area contributed by atoms with Crippen molar-refractivity contribution in [1.29, 1.82) is 0 Å². The van der Waals surface area contributed by atoms with Crippen LogP contribution in [0.15, 0.2) is 48.5 Å². The SMILES string of the molecule is COc1cccc(OCC(=O)N(C)c2ccccc2)c1OC. The number of hydrogen-bond donors (Lipinski definition) is 0. The van der Waals surface area contributed by atoms with E-state index in [0.29, 0.717) is 17.2 Å². The quantitative estimate of drug-likeness (QED) is 0.823. The van der Waals surface area contributed by atoms with Crippen molar-refractivity contribution in [3.8, 4) is 17.2 Å². The lowest BCUT2D eigenvalue weighted by molar-refractivity contribution is -0.120. The summed E-state index contributed by atoms with van der Waals surface area (Å²) >= 11 is 0. The first kappa shape index (κ1) is 15.7. The fourth-order valence-corrected chi connectivity index (χ4v) is 2.00. The van der Waals surface area contributed by atoms with Gasteiger partial charge in [-0.3, -0.25) is 4.79 Å². The van der Waals surface area contributed by atoms with E-state index in [9.17, 15) is 4.79 Å². The number of likely N-dealkylation sites (N-methyl/N-ethyl adjacent to an activating group) is 1. The molecule has 0 aliphatic rings. The molecule has 5 nitrogen and oxygen atoms in total. The highest BCUT2D eigenvalue weighted by atomic mass is 16.5. The molecule has 2 aromatic rings. The third kappa shape index (κ3) is 3.49. The van der Waals surface area contributed by atoms with Gasteiger partial charge in [0.2, 0.25) is 5.75 Å². The molecule has 116 valence electrons. The summed E-state index contributed by atoms with van der Waals surface area (Å²) in [5.41, 5.74) is 0.814. The van der Waals surface area contributed by atoms with Gasteiger partial charge in [-0.1, -0.05) is 24.3 Å². The summed E-state index contributed by atoms with van der Waals surface area (Å²) in [4.78, 5) is 13.7. The maximum absolute atomic E-state index is 12.2. The standard InChI is InChI=1S/C17H19NO4/c1-18(13-8-5-4-6-9-13)16(19)12-22-15-11-7-10-14(20-2)17(15)21-3/h4-11H,12H2,1-3H3. The summed E-state index contributed by atoms with van der Waals surface area (Å²) in [6.07, 6.45) is 0. The van der Waals surface area contributed by atoms with E-state index in [1.807, 2.05) is 30.3 Å². The van der Waals surface area contributed by atoms with Crippen molar-refractivity contribution in [3.63, 3.8) is 0 Å². The summed E-state index contributed by atoms with van der Waals surface area (Å²) in [5.74, 6) is 1.34. The van der Waals surface area contributed by atoms with Crippen LogP contribution < -0.4 is 19.1 Å². The fraction of sp³-hybridized carbons (Fsp3) is 0.235. The van der Waals surface area contributed by atoms with Gasteiger partial charge in [0.05, 0.1) is 14.2 Å². The topological polar surface area (TPSA) is 48.0 Å². The summed E-state index contributed by atoms with van der Waals surface area (Å²) < 4.78 is 16.0. The fourth-order valence-electron chi connectivity index (χ4n) is 2.00. The van der Waals surface area contributed by atoms with Crippen molar-refractivity contribution in [2.75, 3.05) is 32.8 Å². The van der Waals surface area contributed by atoms with Crippen molar-refractivity contribution < 1.29 is 19.0 Å². The van der Waals surface area contributed by atoms with Crippen molar-refractivity contribution in [1.82, 2.24) is 0 Å². The Morgan fingerprint density at radius 2 is 1.64 bits per heavy atom. The molecule has 2 rings (SSSR count). The number of amides is 1. The van der Waals surface area contributed by atoms with Gasteiger partial charge < -0.3 is 19.1 Å². The minimum atomic E-state index is -0.156. The molecule has 0 aliphatic carbocycles. The van der Waals surface area contributed by atoms with Gasteiger partial charge >= 0.3 is 0 Å². The van der Waals surface area contributed by atoms with E-state index in [2.05, 4.69) is 0 Å². The number of carbonyl (C=O) groups excluding carboxylic acids is 1. The van der Waals surface area contributed by atoms with Crippen LogP contribution in [-0.2, 0) is 4.79 Å². The number of anilines is 1. The smallest absolute Gasteiger partial charge is 0.264 e. The average Bonchev–Trinajstić information content (AvgIpc) is 2.59. The molecule has 0 saturated heterocycles. The lowest BCUT2D eigenvalue weighted by Crippen LogP contribution is -2.31. The summed E-state index contributed by atoms with van der Waals surface area (Å²) in [6.45, 7) is -0.0884. The third-order valence-electron chi connectivity index (χ3n) is 3.24. The Bertz CT molecular complexity index is 628. The molecule has 0 radical (unpaired) electrons. The van der Waals surface area contributed by atoms with Crippen LogP contribution in [0.2, 0.25) is 0 Å². The third-order valence-corrected chi connectivity index (χ3v) is 3.24. The van der Waals surface area contributed by atoms with Gasteiger partial charge in [-0.15, -0.1) is 0 Å². The van der Waals surface area contributed by atoms with Crippen LogP contribution in [0.1, 0.15) is 0 Å². The van der Waals surface area contributed by atoms with E-state index in [1.54, 1.807) is 37.3 Å². The number of carbonyl (C=O) groups is 1. The second-order valence-electron chi connectivity index (χ2n) is 4.57. The first-order chi connectivity index (χ1) is 10.7. The lowest BCUT2D eigenvalue weighted by Gasteiger charge is -2.18.